The van der Waals surface area contributed by atoms with Crippen LogP contribution in [0.15, 0.2) is 0 Å². The second kappa shape index (κ2) is 8.08. The van der Waals surface area contributed by atoms with Crippen LogP contribution in [-0.2, 0) is 14.4 Å². The number of carbonyl (C=O) groups excluding carboxylic acids is 1. The van der Waals surface area contributed by atoms with E-state index in [1.54, 1.807) is 20.8 Å². The topological polar surface area (TPSA) is 79.8 Å². The van der Waals surface area contributed by atoms with E-state index in [9.17, 15) is 4.79 Å². The number of carbonyl (C=O) groups is 1. The molecule has 126 valence electrons. The fourth-order valence-electron chi connectivity index (χ4n) is 2.66. The predicted molar refractivity (Wildman–Crippen MR) is 83.2 cm³/mol. The third kappa shape index (κ3) is 6.30. The maximum absolute atomic E-state index is 11.6. The quantitative estimate of drug-likeness (QED) is 0.410. The van der Waals surface area contributed by atoms with Crippen LogP contribution in [0.3, 0.4) is 0 Å². The van der Waals surface area contributed by atoms with Gasteiger partial charge < -0.3 is 15.4 Å². The molecule has 0 radical (unpaired) electrons. The number of piperidine rings is 1. The second-order valence-corrected chi connectivity index (χ2v) is 6.84. The van der Waals surface area contributed by atoms with E-state index in [-0.39, 0.29) is 13.4 Å². The maximum atomic E-state index is 11.6. The molecule has 0 aromatic rings. The first kappa shape index (κ1) is 18.4. The molecule has 0 aromatic heterocycles. The first-order chi connectivity index (χ1) is 9.82. The van der Waals surface area contributed by atoms with Gasteiger partial charge in [-0.15, -0.1) is 0 Å². The summed E-state index contributed by atoms with van der Waals surface area (Å²) in [6, 6.07) is -0.0666. The number of hydrogen-bond acceptors (Lipinski definition) is 6. The zero-order valence-corrected chi connectivity index (χ0v) is 13.7. The van der Waals surface area contributed by atoms with Crippen molar-refractivity contribution in [2.45, 2.75) is 58.6 Å². The van der Waals surface area contributed by atoms with Crippen LogP contribution < -0.4 is 10.6 Å². The van der Waals surface area contributed by atoms with Crippen LogP contribution in [0.1, 0.15) is 48.4 Å². The van der Waals surface area contributed by atoms with Gasteiger partial charge in [0.15, 0.2) is 0 Å². The van der Waals surface area contributed by atoms with Gasteiger partial charge in [-0.2, -0.15) is 0 Å². The molecule has 1 unspecified atom stereocenters. The summed E-state index contributed by atoms with van der Waals surface area (Å²) in [6.45, 7) is 10.8. The smallest absolute Gasteiger partial charge is 0.323 e. The Morgan fingerprint density at radius 3 is 2.43 bits per heavy atom. The Morgan fingerprint density at radius 2 is 1.95 bits per heavy atom. The van der Waals surface area contributed by atoms with Crippen molar-refractivity contribution in [1.29, 1.82) is 0 Å². The van der Waals surface area contributed by atoms with Gasteiger partial charge in [-0.1, -0.05) is 0 Å². The van der Waals surface area contributed by atoms with Crippen LogP contribution in [0.5, 0.6) is 0 Å². The molecule has 0 aromatic carbocycles. The van der Waals surface area contributed by atoms with Crippen molar-refractivity contribution in [1.82, 2.24) is 10.6 Å². The van der Waals surface area contributed by atoms with E-state index in [2.05, 4.69) is 15.5 Å². The lowest BCUT2D eigenvalue weighted by molar-refractivity contribution is -0.306. The number of nitrogens with one attached hydrogen (secondary N) is 2. The van der Waals surface area contributed by atoms with Crippen molar-refractivity contribution < 1.29 is 21.1 Å². The lowest BCUT2D eigenvalue weighted by Crippen LogP contribution is -2.37. The van der Waals surface area contributed by atoms with Crippen LogP contribution in [0.4, 0.5) is 0 Å². The van der Waals surface area contributed by atoms with Gasteiger partial charge in [-0.3, -0.25) is 10.1 Å². The number of esters is 1. The minimum Gasteiger partial charge on any atom is -0.465 e. The van der Waals surface area contributed by atoms with Crippen molar-refractivity contribution in [3.8, 4) is 0 Å². The molecule has 6 nitrogen and oxygen atoms in total. The summed E-state index contributed by atoms with van der Waals surface area (Å²) in [6.07, 6.45) is 3.30. The van der Waals surface area contributed by atoms with E-state index in [0.29, 0.717) is 12.0 Å². The molecular formula is C15H32N2O4. The van der Waals surface area contributed by atoms with E-state index in [4.69, 9.17) is 9.99 Å². The lowest BCUT2D eigenvalue weighted by Gasteiger charge is -2.32. The van der Waals surface area contributed by atoms with E-state index in [1.807, 2.05) is 6.92 Å². The highest BCUT2D eigenvalue weighted by Crippen LogP contribution is 2.37. The summed E-state index contributed by atoms with van der Waals surface area (Å²) in [5.74, 6) is -0.0760. The Bertz CT molecular complexity index is 328. The molecule has 2 aliphatic heterocycles. The molecule has 0 bridgehead atoms. The molecule has 3 N–H and O–H groups in total. The summed E-state index contributed by atoms with van der Waals surface area (Å²) in [5, 5.41) is 14.6. The van der Waals surface area contributed by atoms with Crippen molar-refractivity contribution in [3.05, 3.63) is 0 Å². The normalized spacial score (nSPS) is 24.3. The zero-order chi connectivity index (χ0) is 15.9. The molecule has 2 rings (SSSR count). The molecule has 0 saturated carbocycles. The van der Waals surface area contributed by atoms with Gasteiger partial charge in [0, 0.05) is 7.97 Å². The monoisotopic (exact) mass is 304 g/mol. The predicted octanol–water partition coefficient (Wildman–Crippen LogP) is 1.80. The molecule has 2 saturated heterocycles. The third-order valence-electron chi connectivity index (χ3n) is 3.87. The van der Waals surface area contributed by atoms with Crippen LogP contribution >= 0.6 is 0 Å². The van der Waals surface area contributed by atoms with Crippen LogP contribution in [-0.4, -0.2) is 49.1 Å². The molecular weight excluding hydrogens is 272 g/mol. The van der Waals surface area contributed by atoms with Gasteiger partial charge in [-0.25, -0.2) is 4.89 Å². The molecule has 21 heavy (non-hydrogen) atoms. The Hall–Kier alpha value is -0.690. The highest BCUT2D eigenvalue weighted by Gasteiger charge is 2.42. The summed E-state index contributed by atoms with van der Waals surface area (Å²) >= 11 is 0. The highest BCUT2D eigenvalue weighted by molar-refractivity contribution is 5.76. The standard InChI is InChI=1S/C11H20N2O2.C4H10O2.H2/c1-2-15-10(14)9-7-11(8-13-9)3-5-12-6-4-11;1-4(2,3)6-5;/h9,12-13H,2-8H2,1H3;5H,1-3H3;1H. The third-order valence-corrected chi connectivity index (χ3v) is 3.87. The Kier molecular flexibility index (Phi) is 7.06. The largest absolute Gasteiger partial charge is 0.465 e. The number of rotatable bonds is 2. The minimum atomic E-state index is -0.403. The van der Waals surface area contributed by atoms with Crippen LogP contribution in [0.25, 0.3) is 0 Å². The summed E-state index contributed by atoms with van der Waals surface area (Å²) < 4.78 is 5.04. The Morgan fingerprint density at radius 1 is 1.38 bits per heavy atom. The van der Waals surface area contributed by atoms with Gasteiger partial charge in [-0.05, 0) is 65.5 Å². The minimum absolute atomic E-state index is 0. The highest BCUT2D eigenvalue weighted by atomic mass is 17.1. The Balaban J connectivity index is 0.000000546. The summed E-state index contributed by atoms with van der Waals surface area (Å²) in [4.78, 5) is 15.5. The maximum Gasteiger partial charge on any atom is 0.323 e. The molecule has 1 atom stereocenters. The zero-order valence-electron chi connectivity index (χ0n) is 13.7. The first-order valence-corrected chi connectivity index (χ1v) is 7.75. The van der Waals surface area contributed by atoms with E-state index in [1.165, 1.54) is 12.8 Å². The SMILES string of the molecule is CC(C)(C)OO.CCOC(=O)C1CC2(CCNCC2)CN1.[HH]. The van der Waals surface area contributed by atoms with Crippen molar-refractivity contribution in [2.24, 2.45) is 5.41 Å². The number of ether oxygens (including phenoxy) is 1. The van der Waals surface area contributed by atoms with Gasteiger partial charge in [0.2, 0.25) is 0 Å². The van der Waals surface area contributed by atoms with Gasteiger partial charge in [0.1, 0.15) is 6.04 Å². The molecule has 2 aliphatic rings. The van der Waals surface area contributed by atoms with E-state index in [0.717, 1.165) is 26.1 Å². The average molecular weight is 304 g/mol. The summed E-state index contributed by atoms with van der Waals surface area (Å²) in [7, 11) is 0. The van der Waals surface area contributed by atoms with Gasteiger partial charge >= 0.3 is 5.97 Å². The van der Waals surface area contributed by atoms with Crippen molar-refractivity contribution >= 4 is 5.97 Å². The van der Waals surface area contributed by atoms with Crippen molar-refractivity contribution in [3.63, 3.8) is 0 Å². The van der Waals surface area contributed by atoms with Crippen molar-refractivity contribution in [2.75, 3.05) is 26.2 Å². The second-order valence-electron chi connectivity index (χ2n) is 6.84. The van der Waals surface area contributed by atoms with Crippen LogP contribution in [0.2, 0.25) is 0 Å². The summed E-state index contributed by atoms with van der Waals surface area (Å²) in [5.41, 5.74) is -0.0529. The fourth-order valence-corrected chi connectivity index (χ4v) is 2.66. The molecule has 2 fully saturated rings. The lowest BCUT2D eigenvalue weighted by atomic mass is 9.77. The molecule has 0 amide bonds. The fraction of sp³-hybridized carbons (Fsp3) is 0.933. The van der Waals surface area contributed by atoms with Gasteiger partial charge in [0.25, 0.3) is 0 Å². The Labute approximate surface area is 129 Å². The number of hydrogen-bond donors (Lipinski definition) is 3. The average Bonchev–Trinajstić information content (AvgIpc) is 2.84. The molecule has 0 aliphatic carbocycles. The van der Waals surface area contributed by atoms with Crippen LogP contribution in [0, 0.1) is 5.41 Å². The first-order valence-electron chi connectivity index (χ1n) is 7.75. The molecule has 1 spiro atoms. The van der Waals surface area contributed by atoms with Gasteiger partial charge in [0.05, 0.1) is 12.2 Å². The van der Waals surface area contributed by atoms with E-state index < -0.39 is 5.60 Å². The molecule has 2 heterocycles. The molecule has 6 heteroatoms. The van der Waals surface area contributed by atoms with E-state index >= 15 is 0 Å².